The van der Waals surface area contributed by atoms with Gasteiger partial charge in [-0.15, -0.1) is 11.8 Å². The molecule has 1 amide bonds. The molecule has 6 heteroatoms. The molecule has 1 N–H and O–H groups in total. The van der Waals surface area contributed by atoms with Crippen molar-refractivity contribution in [2.45, 2.75) is 4.90 Å². The van der Waals surface area contributed by atoms with Gasteiger partial charge in [-0.3, -0.25) is 4.79 Å². The average Bonchev–Trinajstić information content (AvgIpc) is 2.77. The normalized spacial score (nSPS) is 10.2. The Kier molecular flexibility index (Phi) is 7.72. The Bertz CT molecular complexity index is 915. The molecular formula is C23H21NO4S. The SMILES string of the molecule is O=C(COC(=O)c1ccc(Oc2ccccc2)cc1)NCCSc1ccccc1. The molecule has 148 valence electrons. The molecule has 0 saturated heterocycles. The van der Waals surface area contributed by atoms with Crippen LogP contribution in [-0.2, 0) is 9.53 Å². The lowest BCUT2D eigenvalue weighted by atomic mass is 10.2. The summed E-state index contributed by atoms with van der Waals surface area (Å²) in [6.07, 6.45) is 0. The minimum Gasteiger partial charge on any atom is -0.457 e. The molecule has 0 fully saturated rings. The van der Waals surface area contributed by atoms with Crippen molar-refractivity contribution in [3.8, 4) is 11.5 Å². The molecule has 3 aromatic carbocycles. The highest BCUT2D eigenvalue weighted by molar-refractivity contribution is 7.99. The topological polar surface area (TPSA) is 64.6 Å². The Balaban J connectivity index is 1.36. The van der Waals surface area contributed by atoms with Crippen LogP contribution in [-0.4, -0.2) is 30.8 Å². The van der Waals surface area contributed by atoms with E-state index in [-0.39, 0.29) is 12.5 Å². The van der Waals surface area contributed by atoms with Crippen molar-refractivity contribution in [3.63, 3.8) is 0 Å². The van der Waals surface area contributed by atoms with Crippen molar-refractivity contribution in [3.05, 3.63) is 90.5 Å². The Labute approximate surface area is 174 Å². The molecule has 0 unspecified atom stereocenters. The van der Waals surface area contributed by atoms with Crippen LogP contribution in [0.4, 0.5) is 0 Å². The van der Waals surface area contributed by atoms with Gasteiger partial charge in [0.15, 0.2) is 6.61 Å². The number of hydrogen-bond acceptors (Lipinski definition) is 5. The molecule has 0 saturated carbocycles. The molecule has 3 aromatic rings. The molecule has 0 bridgehead atoms. The maximum absolute atomic E-state index is 12.1. The van der Waals surface area contributed by atoms with E-state index in [1.54, 1.807) is 36.0 Å². The first-order valence-electron chi connectivity index (χ1n) is 9.15. The third-order valence-electron chi connectivity index (χ3n) is 3.84. The number of hydrogen-bond donors (Lipinski definition) is 1. The Morgan fingerprint density at radius 2 is 1.41 bits per heavy atom. The van der Waals surface area contributed by atoms with Crippen molar-refractivity contribution in [1.29, 1.82) is 0 Å². The zero-order chi connectivity index (χ0) is 20.3. The van der Waals surface area contributed by atoms with Crippen LogP contribution in [0.2, 0.25) is 0 Å². The van der Waals surface area contributed by atoms with Crippen LogP contribution in [0.25, 0.3) is 0 Å². The fourth-order valence-electron chi connectivity index (χ4n) is 2.43. The zero-order valence-electron chi connectivity index (χ0n) is 15.7. The van der Waals surface area contributed by atoms with Crippen molar-refractivity contribution in [2.24, 2.45) is 0 Å². The maximum atomic E-state index is 12.1. The van der Waals surface area contributed by atoms with Gasteiger partial charge < -0.3 is 14.8 Å². The first-order chi connectivity index (χ1) is 14.2. The zero-order valence-corrected chi connectivity index (χ0v) is 16.6. The number of nitrogens with one attached hydrogen (secondary N) is 1. The van der Waals surface area contributed by atoms with E-state index < -0.39 is 5.97 Å². The van der Waals surface area contributed by atoms with Crippen molar-refractivity contribution in [2.75, 3.05) is 18.9 Å². The minimum absolute atomic E-state index is 0.308. The molecule has 29 heavy (non-hydrogen) atoms. The highest BCUT2D eigenvalue weighted by Gasteiger charge is 2.10. The van der Waals surface area contributed by atoms with Crippen LogP contribution in [0.5, 0.6) is 11.5 Å². The summed E-state index contributed by atoms with van der Waals surface area (Å²) in [5, 5.41) is 2.74. The predicted molar refractivity (Wildman–Crippen MR) is 113 cm³/mol. The summed E-state index contributed by atoms with van der Waals surface area (Å²) in [6.45, 7) is 0.193. The Morgan fingerprint density at radius 1 is 0.793 bits per heavy atom. The van der Waals surface area contributed by atoms with Crippen LogP contribution < -0.4 is 10.1 Å². The second kappa shape index (κ2) is 10.9. The summed E-state index contributed by atoms with van der Waals surface area (Å²) >= 11 is 1.65. The van der Waals surface area contributed by atoms with E-state index >= 15 is 0 Å². The standard InChI is InChI=1S/C23H21NO4S/c25-22(24-15-16-29-21-9-5-2-6-10-21)17-27-23(26)18-11-13-20(14-12-18)28-19-7-3-1-4-8-19/h1-14H,15-17H2,(H,24,25). The summed E-state index contributed by atoms with van der Waals surface area (Å²) in [4.78, 5) is 25.1. The van der Waals surface area contributed by atoms with Crippen molar-refractivity contribution in [1.82, 2.24) is 5.32 Å². The summed E-state index contributed by atoms with van der Waals surface area (Å²) in [7, 11) is 0. The monoisotopic (exact) mass is 407 g/mol. The van der Waals surface area contributed by atoms with E-state index in [1.165, 1.54) is 0 Å². The van der Waals surface area contributed by atoms with Gasteiger partial charge in [-0.1, -0.05) is 36.4 Å². The second-order valence-electron chi connectivity index (χ2n) is 6.03. The molecule has 0 atom stereocenters. The van der Waals surface area contributed by atoms with E-state index in [0.717, 1.165) is 10.6 Å². The fourth-order valence-corrected chi connectivity index (χ4v) is 3.21. The minimum atomic E-state index is -0.551. The van der Waals surface area contributed by atoms with Crippen LogP contribution in [0.15, 0.2) is 89.8 Å². The van der Waals surface area contributed by atoms with Gasteiger partial charge in [-0.2, -0.15) is 0 Å². The Hall–Kier alpha value is -3.25. The van der Waals surface area contributed by atoms with E-state index in [0.29, 0.717) is 23.6 Å². The first-order valence-corrected chi connectivity index (χ1v) is 10.1. The third-order valence-corrected chi connectivity index (χ3v) is 4.85. The Morgan fingerprint density at radius 3 is 2.10 bits per heavy atom. The molecule has 0 aliphatic rings. The number of para-hydroxylation sites is 1. The highest BCUT2D eigenvalue weighted by Crippen LogP contribution is 2.21. The number of thioether (sulfide) groups is 1. The molecule has 3 rings (SSSR count). The number of ether oxygens (including phenoxy) is 2. The van der Waals surface area contributed by atoms with Crippen LogP contribution in [0, 0.1) is 0 Å². The smallest absolute Gasteiger partial charge is 0.338 e. The van der Waals surface area contributed by atoms with Crippen molar-refractivity contribution < 1.29 is 19.1 Å². The first kappa shape index (κ1) is 20.5. The van der Waals surface area contributed by atoms with Gasteiger partial charge in [-0.05, 0) is 48.5 Å². The molecule has 0 aliphatic heterocycles. The quantitative estimate of drug-likeness (QED) is 0.320. The maximum Gasteiger partial charge on any atom is 0.338 e. The number of benzene rings is 3. The molecule has 0 heterocycles. The van der Waals surface area contributed by atoms with Gasteiger partial charge in [0.2, 0.25) is 0 Å². The van der Waals surface area contributed by atoms with Gasteiger partial charge in [0.25, 0.3) is 5.91 Å². The number of esters is 1. The van der Waals surface area contributed by atoms with E-state index in [4.69, 9.17) is 9.47 Å². The number of rotatable bonds is 9. The number of carbonyl (C=O) groups excluding carboxylic acids is 2. The van der Waals surface area contributed by atoms with Gasteiger partial charge in [0, 0.05) is 17.2 Å². The van der Waals surface area contributed by atoms with Crippen LogP contribution in [0.1, 0.15) is 10.4 Å². The third kappa shape index (κ3) is 7.01. The highest BCUT2D eigenvalue weighted by atomic mass is 32.2. The summed E-state index contributed by atoms with van der Waals surface area (Å²) in [5.74, 6) is 1.19. The summed E-state index contributed by atoms with van der Waals surface area (Å²) < 4.78 is 10.7. The number of amides is 1. The van der Waals surface area contributed by atoms with Gasteiger partial charge in [0.1, 0.15) is 11.5 Å². The number of carbonyl (C=O) groups is 2. The largest absolute Gasteiger partial charge is 0.457 e. The predicted octanol–water partition coefficient (Wildman–Crippen LogP) is 4.54. The lowest BCUT2D eigenvalue weighted by molar-refractivity contribution is -0.124. The molecule has 0 aliphatic carbocycles. The lowest BCUT2D eigenvalue weighted by Gasteiger charge is -2.08. The van der Waals surface area contributed by atoms with Crippen LogP contribution in [0.3, 0.4) is 0 Å². The van der Waals surface area contributed by atoms with Crippen molar-refractivity contribution >= 4 is 23.6 Å². The fraction of sp³-hybridized carbons (Fsp3) is 0.130. The summed E-state index contributed by atoms with van der Waals surface area (Å²) in [6, 6.07) is 25.9. The molecule has 0 spiro atoms. The summed E-state index contributed by atoms with van der Waals surface area (Å²) in [5.41, 5.74) is 0.359. The lowest BCUT2D eigenvalue weighted by Crippen LogP contribution is -2.30. The van der Waals surface area contributed by atoms with Crippen LogP contribution >= 0.6 is 11.8 Å². The molecule has 0 radical (unpaired) electrons. The van der Waals surface area contributed by atoms with Gasteiger partial charge in [-0.25, -0.2) is 4.79 Å². The van der Waals surface area contributed by atoms with Gasteiger partial charge in [0.05, 0.1) is 5.56 Å². The molecular weight excluding hydrogens is 386 g/mol. The van der Waals surface area contributed by atoms with E-state index in [2.05, 4.69) is 5.32 Å². The second-order valence-corrected chi connectivity index (χ2v) is 7.20. The average molecular weight is 407 g/mol. The molecule has 5 nitrogen and oxygen atoms in total. The van der Waals surface area contributed by atoms with E-state index in [9.17, 15) is 9.59 Å². The molecule has 0 aromatic heterocycles. The van der Waals surface area contributed by atoms with E-state index in [1.807, 2.05) is 60.7 Å². The van der Waals surface area contributed by atoms with Gasteiger partial charge >= 0.3 is 5.97 Å².